The molecule has 1 aromatic rings. The maximum absolute atomic E-state index is 11.9. The van der Waals surface area contributed by atoms with E-state index in [0.717, 1.165) is 11.8 Å². The predicted molar refractivity (Wildman–Crippen MR) is 89.1 cm³/mol. The lowest BCUT2D eigenvalue weighted by Gasteiger charge is -2.31. The van der Waals surface area contributed by atoms with Gasteiger partial charge in [-0.1, -0.05) is 6.07 Å². The number of amides is 2. The summed E-state index contributed by atoms with van der Waals surface area (Å²) in [7, 11) is -3.26. The number of morpholine rings is 1. The molecule has 1 fully saturated rings. The monoisotopic (exact) mass is 352 g/mol. The zero-order valence-electron chi connectivity index (χ0n) is 13.6. The summed E-state index contributed by atoms with van der Waals surface area (Å²) in [6.45, 7) is 2.83. The highest BCUT2D eigenvalue weighted by molar-refractivity contribution is 7.88. The Labute approximate surface area is 141 Å². The molecule has 0 aliphatic carbocycles. The van der Waals surface area contributed by atoms with Crippen LogP contribution < -0.4 is 10.6 Å². The third kappa shape index (κ3) is 4.92. The Hall–Kier alpha value is -2.15. The third-order valence-corrected chi connectivity index (χ3v) is 4.95. The van der Waals surface area contributed by atoms with Gasteiger partial charge in [0, 0.05) is 25.3 Å². The molecular weight excluding hydrogens is 332 g/mol. The highest BCUT2D eigenvalue weighted by Crippen LogP contribution is 2.14. The van der Waals surface area contributed by atoms with E-state index in [1.807, 2.05) is 6.92 Å². The molecule has 130 valence electrons. The van der Waals surface area contributed by atoms with E-state index in [1.165, 1.54) is 4.31 Å². The topological polar surface area (TPSA) is 112 Å². The van der Waals surface area contributed by atoms with Crippen LogP contribution in [-0.4, -0.2) is 57.4 Å². The van der Waals surface area contributed by atoms with Crippen molar-refractivity contribution in [2.45, 2.75) is 13.0 Å². The van der Waals surface area contributed by atoms with Crippen molar-refractivity contribution in [3.63, 3.8) is 0 Å². The number of nitriles is 1. The van der Waals surface area contributed by atoms with Crippen LogP contribution >= 0.6 is 0 Å². The highest BCUT2D eigenvalue weighted by Gasteiger charge is 2.26. The number of sulfonamides is 1. The molecular formula is C15H20N4O4S. The lowest BCUT2D eigenvalue weighted by atomic mass is 10.1. The Kier molecular flexibility index (Phi) is 5.77. The number of aryl methyl sites for hydroxylation is 1. The molecule has 2 amide bonds. The van der Waals surface area contributed by atoms with Crippen molar-refractivity contribution >= 4 is 21.7 Å². The van der Waals surface area contributed by atoms with Crippen molar-refractivity contribution in [3.8, 4) is 6.07 Å². The average Bonchev–Trinajstić information content (AvgIpc) is 2.54. The lowest BCUT2D eigenvalue weighted by Crippen LogP contribution is -2.49. The summed E-state index contributed by atoms with van der Waals surface area (Å²) in [6.07, 6.45) is 0.756. The molecule has 0 unspecified atom stereocenters. The minimum absolute atomic E-state index is 0.189. The Bertz CT molecular complexity index is 757. The smallest absolute Gasteiger partial charge is 0.319 e. The van der Waals surface area contributed by atoms with Crippen LogP contribution in [0.4, 0.5) is 10.5 Å². The van der Waals surface area contributed by atoms with Gasteiger partial charge in [0.2, 0.25) is 10.0 Å². The fraction of sp³-hybridized carbons (Fsp3) is 0.467. The van der Waals surface area contributed by atoms with Gasteiger partial charge in [-0.25, -0.2) is 13.2 Å². The fourth-order valence-electron chi connectivity index (χ4n) is 2.32. The van der Waals surface area contributed by atoms with E-state index >= 15 is 0 Å². The van der Waals surface area contributed by atoms with Crippen LogP contribution in [0.2, 0.25) is 0 Å². The molecule has 1 saturated heterocycles. The number of rotatable bonds is 4. The molecule has 0 saturated carbocycles. The predicted octanol–water partition coefficient (Wildman–Crippen LogP) is 0.649. The second-order valence-electron chi connectivity index (χ2n) is 5.59. The summed E-state index contributed by atoms with van der Waals surface area (Å²) in [6, 6.07) is 6.67. The van der Waals surface area contributed by atoms with Crippen molar-refractivity contribution in [2.75, 3.05) is 37.8 Å². The molecule has 8 nitrogen and oxygen atoms in total. The Morgan fingerprint density at radius 3 is 2.92 bits per heavy atom. The van der Waals surface area contributed by atoms with Crippen LogP contribution in [0.15, 0.2) is 18.2 Å². The summed E-state index contributed by atoms with van der Waals surface area (Å²) < 4.78 is 29.9. The van der Waals surface area contributed by atoms with Gasteiger partial charge in [0.1, 0.15) is 0 Å². The lowest BCUT2D eigenvalue weighted by molar-refractivity contribution is 0.00167. The summed E-state index contributed by atoms with van der Waals surface area (Å²) in [5, 5.41) is 14.3. The minimum Gasteiger partial charge on any atom is -0.374 e. The van der Waals surface area contributed by atoms with Crippen molar-refractivity contribution in [1.82, 2.24) is 9.62 Å². The first-order valence-corrected chi connectivity index (χ1v) is 9.27. The molecule has 1 aliphatic heterocycles. The number of nitrogens with zero attached hydrogens (tertiary/aromatic N) is 2. The van der Waals surface area contributed by atoms with Gasteiger partial charge in [-0.15, -0.1) is 0 Å². The number of nitrogens with one attached hydrogen (secondary N) is 2. The van der Waals surface area contributed by atoms with Gasteiger partial charge in [0.05, 0.1) is 30.6 Å². The van der Waals surface area contributed by atoms with Gasteiger partial charge in [-0.3, -0.25) is 0 Å². The Balaban J connectivity index is 1.86. The quantitative estimate of drug-likeness (QED) is 0.826. The summed E-state index contributed by atoms with van der Waals surface area (Å²) in [4.78, 5) is 11.9. The molecule has 0 radical (unpaired) electrons. The van der Waals surface area contributed by atoms with Gasteiger partial charge in [0.25, 0.3) is 0 Å². The van der Waals surface area contributed by atoms with Crippen molar-refractivity contribution in [3.05, 3.63) is 29.3 Å². The number of hydrogen-bond donors (Lipinski definition) is 2. The molecule has 1 atom stereocenters. The molecule has 1 aromatic carbocycles. The van der Waals surface area contributed by atoms with Gasteiger partial charge >= 0.3 is 6.03 Å². The largest absolute Gasteiger partial charge is 0.374 e. The second kappa shape index (κ2) is 7.61. The number of hydrogen-bond acceptors (Lipinski definition) is 5. The summed E-state index contributed by atoms with van der Waals surface area (Å²) in [5.74, 6) is 0. The maximum Gasteiger partial charge on any atom is 0.319 e. The number of carbonyl (C=O) groups excluding carboxylic acids is 1. The molecule has 1 heterocycles. The molecule has 0 bridgehead atoms. The van der Waals surface area contributed by atoms with E-state index in [0.29, 0.717) is 24.4 Å². The van der Waals surface area contributed by atoms with Gasteiger partial charge in [-0.05, 0) is 24.6 Å². The van der Waals surface area contributed by atoms with Crippen molar-refractivity contribution < 1.29 is 17.9 Å². The second-order valence-corrected chi connectivity index (χ2v) is 7.57. The highest BCUT2D eigenvalue weighted by atomic mass is 32.2. The summed E-state index contributed by atoms with van der Waals surface area (Å²) in [5.41, 5.74) is 1.84. The molecule has 1 aliphatic rings. The standard InChI is InChI=1S/C15H20N4O4S/c1-11-3-4-13(7-12(11)8-16)18-15(20)17-9-14-10-19(5-6-23-14)24(2,21)22/h3-4,7,14H,5-6,9-10H2,1-2H3,(H2,17,18,20)/t14-/m1/s1. The maximum atomic E-state index is 11.9. The van der Waals surface area contributed by atoms with E-state index in [4.69, 9.17) is 10.00 Å². The van der Waals surface area contributed by atoms with E-state index in [1.54, 1.807) is 18.2 Å². The first-order valence-electron chi connectivity index (χ1n) is 7.42. The first-order chi connectivity index (χ1) is 11.3. The Morgan fingerprint density at radius 1 is 1.50 bits per heavy atom. The van der Waals surface area contributed by atoms with Crippen LogP contribution in [0.1, 0.15) is 11.1 Å². The normalized spacial score (nSPS) is 18.6. The zero-order chi connectivity index (χ0) is 17.7. The van der Waals surface area contributed by atoms with Gasteiger partial charge in [-0.2, -0.15) is 9.57 Å². The Morgan fingerprint density at radius 2 is 2.25 bits per heavy atom. The number of carbonyl (C=O) groups is 1. The molecule has 0 spiro atoms. The molecule has 0 aromatic heterocycles. The number of benzene rings is 1. The van der Waals surface area contributed by atoms with Crippen LogP contribution in [-0.2, 0) is 14.8 Å². The number of anilines is 1. The minimum atomic E-state index is -3.26. The van der Waals surface area contributed by atoms with Crippen molar-refractivity contribution in [2.24, 2.45) is 0 Å². The molecule has 2 rings (SSSR count). The molecule has 9 heteroatoms. The van der Waals surface area contributed by atoms with Gasteiger partial charge < -0.3 is 15.4 Å². The average molecular weight is 352 g/mol. The van der Waals surface area contributed by atoms with E-state index in [-0.39, 0.29) is 13.1 Å². The van der Waals surface area contributed by atoms with Crippen LogP contribution in [0, 0.1) is 18.3 Å². The van der Waals surface area contributed by atoms with Crippen molar-refractivity contribution in [1.29, 1.82) is 5.26 Å². The van der Waals surface area contributed by atoms with E-state index < -0.39 is 22.2 Å². The zero-order valence-corrected chi connectivity index (χ0v) is 14.4. The van der Waals surface area contributed by atoms with E-state index in [2.05, 4.69) is 16.7 Å². The number of ether oxygens (including phenoxy) is 1. The van der Waals surface area contributed by atoms with Gasteiger partial charge in [0.15, 0.2) is 0 Å². The molecule has 24 heavy (non-hydrogen) atoms. The van der Waals surface area contributed by atoms with Crippen LogP contribution in [0.5, 0.6) is 0 Å². The van der Waals surface area contributed by atoms with E-state index in [9.17, 15) is 13.2 Å². The number of urea groups is 1. The first kappa shape index (κ1) is 18.2. The SMILES string of the molecule is Cc1ccc(NC(=O)NC[C@@H]2CN(S(C)(=O)=O)CCO2)cc1C#N. The fourth-order valence-corrected chi connectivity index (χ4v) is 3.16. The summed E-state index contributed by atoms with van der Waals surface area (Å²) >= 11 is 0. The third-order valence-electron chi connectivity index (χ3n) is 3.68. The van der Waals surface area contributed by atoms with Crippen LogP contribution in [0.3, 0.4) is 0 Å². The molecule has 2 N–H and O–H groups in total. The van der Waals surface area contributed by atoms with Crippen LogP contribution in [0.25, 0.3) is 0 Å².